The van der Waals surface area contributed by atoms with E-state index in [0.717, 1.165) is 16.7 Å². The van der Waals surface area contributed by atoms with Gasteiger partial charge in [0.1, 0.15) is 17.7 Å². The number of nitrogens with one attached hydrogen (secondary N) is 2. The van der Waals surface area contributed by atoms with Gasteiger partial charge in [-0.3, -0.25) is 9.59 Å². The second kappa shape index (κ2) is 12.8. The maximum atomic E-state index is 13.7. The van der Waals surface area contributed by atoms with Crippen LogP contribution >= 0.6 is 12.6 Å². The van der Waals surface area contributed by atoms with Gasteiger partial charge in [-0.1, -0.05) is 47.5 Å². The molecule has 9 heteroatoms. The van der Waals surface area contributed by atoms with E-state index in [1.807, 2.05) is 57.2 Å². The summed E-state index contributed by atoms with van der Waals surface area (Å²) >= 11 is 4.26. The van der Waals surface area contributed by atoms with Crippen molar-refractivity contribution in [3.05, 3.63) is 64.7 Å². The Morgan fingerprint density at radius 3 is 2.19 bits per heavy atom. The number of aliphatic hydroxyl groups is 1. The third-order valence-electron chi connectivity index (χ3n) is 5.32. The van der Waals surface area contributed by atoms with Crippen LogP contribution in [0.5, 0.6) is 0 Å². The zero-order valence-corrected chi connectivity index (χ0v) is 22.7. The average molecular weight is 516 g/mol. The molecule has 0 aliphatic heterocycles. The molecule has 2 unspecified atom stereocenters. The molecule has 0 bridgehead atoms. The van der Waals surface area contributed by atoms with Crippen molar-refractivity contribution >= 4 is 36.2 Å². The van der Waals surface area contributed by atoms with Gasteiger partial charge in [-0.15, -0.1) is 0 Å². The fraction of sp³-hybridized carbons (Fsp3) is 0.444. The number of anilines is 1. The van der Waals surface area contributed by atoms with Crippen LogP contribution in [0.1, 0.15) is 49.1 Å². The number of aliphatic hydroxyl groups excluding tert-OH is 1. The van der Waals surface area contributed by atoms with E-state index in [2.05, 4.69) is 23.3 Å². The average Bonchev–Trinajstić information content (AvgIpc) is 2.76. The number of aryl methyl sites for hydroxylation is 3. The van der Waals surface area contributed by atoms with Crippen LogP contribution in [0.25, 0.3) is 0 Å². The Labute approximate surface area is 218 Å². The highest BCUT2D eigenvalue weighted by atomic mass is 32.1. The minimum absolute atomic E-state index is 0.0288. The summed E-state index contributed by atoms with van der Waals surface area (Å²) in [6.45, 7) is 10.3. The van der Waals surface area contributed by atoms with Crippen LogP contribution in [0.4, 0.5) is 10.5 Å². The molecule has 2 atom stereocenters. The van der Waals surface area contributed by atoms with Crippen LogP contribution in [0.15, 0.2) is 42.5 Å². The molecule has 0 fully saturated rings. The SMILES string of the molecule is Cc1cc(C)cc(C(C(=O)Nc2ccccc2C)N(CCO)C(=O)C(CS)NC(=O)OC(C)(C)C)c1. The lowest BCUT2D eigenvalue weighted by Gasteiger charge is -2.34. The molecule has 0 saturated heterocycles. The normalized spacial score (nSPS) is 12.9. The summed E-state index contributed by atoms with van der Waals surface area (Å²) in [5.74, 6) is -1.03. The number of para-hydroxylation sites is 1. The second-order valence-electron chi connectivity index (χ2n) is 9.76. The Balaban J connectivity index is 2.49. The van der Waals surface area contributed by atoms with Crippen LogP contribution < -0.4 is 10.6 Å². The number of rotatable bonds is 9. The van der Waals surface area contributed by atoms with E-state index >= 15 is 0 Å². The number of amides is 3. The van der Waals surface area contributed by atoms with Crippen LogP contribution in [-0.4, -0.2) is 58.5 Å². The van der Waals surface area contributed by atoms with Crippen molar-refractivity contribution in [2.24, 2.45) is 0 Å². The van der Waals surface area contributed by atoms with Gasteiger partial charge >= 0.3 is 6.09 Å². The molecule has 2 aromatic rings. The number of alkyl carbamates (subject to hydrolysis) is 1. The molecular formula is C27H37N3O5S. The van der Waals surface area contributed by atoms with Crippen molar-refractivity contribution in [2.45, 2.75) is 59.2 Å². The first-order valence-electron chi connectivity index (χ1n) is 11.8. The van der Waals surface area contributed by atoms with Crippen molar-refractivity contribution in [1.82, 2.24) is 10.2 Å². The molecule has 0 aliphatic rings. The number of hydrogen-bond acceptors (Lipinski definition) is 6. The second-order valence-corrected chi connectivity index (χ2v) is 10.1. The minimum atomic E-state index is -1.07. The number of carbonyl (C=O) groups excluding carboxylic acids is 3. The zero-order valence-electron chi connectivity index (χ0n) is 21.8. The highest BCUT2D eigenvalue weighted by Gasteiger charge is 2.36. The van der Waals surface area contributed by atoms with Gasteiger partial charge in [0.25, 0.3) is 5.91 Å². The Hall–Kier alpha value is -3.04. The lowest BCUT2D eigenvalue weighted by atomic mass is 9.98. The molecule has 0 aromatic heterocycles. The molecule has 3 amide bonds. The summed E-state index contributed by atoms with van der Waals surface area (Å²) < 4.78 is 5.29. The van der Waals surface area contributed by atoms with Crippen molar-refractivity contribution in [1.29, 1.82) is 0 Å². The van der Waals surface area contributed by atoms with Gasteiger partial charge in [0.2, 0.25) is 5.91 Å². The van der Waals surface area contributed by atoms with E-state index in [9.17, 15) is 19.5 Å². The van der Waals surface area contributed by atoms with Crippen LogP contribution in [0.3, 0.4) is 0 Å². The molecule has 0 radical (unpaired) electrons. The Bertz CT molecular complexity index is 1060. The number of ether oxygens (including phenoxy) is 1. The van der Waals surface area contributed by atoms with Crippen LogP contribution in [0.2, 0.25) is 0 Å². The van der Waals surface area contributed by atoms with Crippen molar-refractivity contribution in [2.75, 3.05) is 24.2 Å². The fourth-order valence-electron chi connectivity index (χ4n) is 3.86. The van der Waals surface area contributed by atoms with Crippen molar-refractivity contribution < 1.29 is 24.2 Å². The van der Waals surface area contributed by atoms with Crippen LogP contribution in [0, 0.1) is 20.8 Å². The standard InChI is InChI=1S/C27H37N3O5S/c1-17-13-18(2)15-20(14-17)23(24(32)28-21-10-8-7-9-19(21)3)30(11-12-31)25(33)22(16-36)29-26(34)35-27(4,5)6/h7-10,13-15,22-23,31,36H,11-12,16H2,1-6H3,(H,28,32)(H,29,34). The summed E-state index contributed by atoms with van der Waals surface area (Å²) in [7, 11) is 0. The molecule has 0 aliphatic carbocycles. The molecule has 2 aromatic carbocycles. The first kappa shape index (κ1) is 29.2. The lowest BCUT2D eigenvalue weighted by molar-refractivity contribution is -0.140. The molecule has 0 spiro atoms. The Morgan fingerprint density at radius 1 is 1.06 bits per heavy atom. The van der Waals surface area contributed by atoms with Crippen molar-refractivity contribution in [3.8, 4) is 0 Å². The smallest absolute Gasteiger partial charge is 0.408 e. The summed E-state index contributed by atoms with van der Waals surface area (Å²) in [6.07, 6.45) is -0.772. The molecule has 8 nitrogen and oxygen atoms in total. The molecule has 0 saturated carbocycles. The maximum Gasteiger partial charge on any atom is 0.408 e. The van der Waals surface area contributed by atoms with E-state index in [0.29, 0.717) is 11.3 Å². The molecular weight excluding hydrogens is 478 g/mol. The molecule has 0 heterocycles. The van der Waals surface area contributed by atoms with E-state index in [-0.39, 0.29) is 18.9 Å². The third-order valence-corrected chi connectivity index (χ3v) is 5.68. The number of thiol groups is 1. The zero-order chi connectivity index (χ0) is 27.0. The van der Waals surface area contributed by atoms with Gasteiger partial charge < -0.3 is 25.4 Å². The van der Waals surface area contributed by atoms with Crippen LogP contribution in [-0.2, 0) is 14.3 Å². The third kappa shape index (κ3) is 8.27. The largest absolute Gasteiger partial charge is 0.444 e. The van der Waals surface area contributed by atoms with Gasteiger partial charge in [-0.05, 0) is 58.7 Å². The van der Waals surface area contributed by atoms with Gasteiger partial charge in [-0.25, -0.2) is 4.79 Å². The number of carbonyl (C=O) groups is 3. The van der Waals surface area contributed by atoms with E-state index in [1.165, 1.54) is 4.90 Å². The number of nitrogens with zero attached hydrogens (tertiary/aromatic N) is 1. The first-order chi connectivity index (χ1) is 16.9. The summed E-state index contributed by atoms with van der Waals surface area (Å²) in [5.41, 5.74) is 3.17. The van der Waals surface area contributed by atoms with Gasteiger partial charge in [0, 0.05) is 18.0 Å². The summed E-state index contributed by atoms with van der Waals surface area (Å²) in [6, 6.07) is 10.8. The van der Waals surface area contributed by atoms with Gasteiger partial charge in [0.05, 0.1) is 6.61 Å². The molecule has 3 N–H and O–H groups in total. The molecule has 196 valence electrons. The van der Waals surface area contributed by atoms with E-state index < -0.39 is 35.6 Å². The quantitative estimate of drug-likeness (QED) is 0.379. The topological polar surface area (TPSA) is 108 Å². The Morgan fingerprint density at radius 2 is 1.67 bits per heavy atom. The number of hydrogen-bond donors (Lipinski definition) is 4. The number of benzene rings is 2. The highest BCUT2D eigenvalue weighted by molar-refractivity contribution is 7.80. The molecule has 2 rings (SSSR count). The fourth-order valence-corrected chi connectivity index (χ4v) is 4.11. The van der Waals surface area contributed by atoms with Gasteiger partial charge in [0.15, 0.2) is 0 Å². The summed E-state index contributed by atoms with van der Waals surface area (Å²) in [4.78, 5) is 41.1. The minimum Gasteiger partial charge on any atom is -0.444 e. The summed E-state index contributed by atoms with van der Waals surface area (Å²) in [5, 5.41) is 15.3. The van der Waals surface area contributed by atoms with E-state index in [1.54, 1.807) is 26.8 Å². The van der Waals surface area contributed by atoms with Gasteiger partial charge in [-0.2, -0.15) is 12.6 Å². The maximum absolute atomic E-state index is 13.7. The first-order valence-corrected chi connectivity index (χ1v) is 12.5. The Kier molecular flexibility index (Phi) is 10.4. The lowest BCUT2D eigenvalue weighted by Crippen LogP contribution is -2.53. The highest BCUT2D eigenvalue weighted by Crippen LogP contribution is 2.27. The van der Waals surface area contributed by atoms with E-state index in [4.69, 9.17) is 4.74 Å². The monoisotopic (exact) mass is 515 g/mol. The molecule has 36 heavy (non-hydrogen) atoms. The van der Waals surface area contributed by atoms with Crippen molar-refractivity contribution in [3.63, 3.8) is 0 Å². The predicted molar refractivity (Wildman–Crippen MR) is 144 cm³/mol. The predicted octanol–water partition coefficient (Wildman–Crippen LogP) is 3.94.